The Bertz CT molecular complexity index is 674. The number of aryl methyl sites for hydroxylation is 2. The lowest BCUT2D eigenvalue weighted by Gasteiger charge is -2.33. The van der Waals surface area contributed by atoms with Gasteiger partial charge < -0.3 is 0 Å². The van der Waals surface area contributed by atoms with Crippen molar-refractivity contribution in [1.29, 1.82) is 0 Å². The van der Waals surface area contributed by atoms with Crippen molar-refractivity contribution in [3.8, 4) is 0 Å². The summed E-state index contributed by atoms with van der Waals surface area (Å²) in [5, 5.41) is 2.16. The number of carbonyl (C=O) groups is 1. The molecule has 1 aromatic carbocycles. The quantitative estimate of drug-likeness (QED) is 0.793. The Kier molecular flexibility index (Phi) is 3.96. The molecule has 2 heterocycles. The van der Waals surface area contributed by atoms with Crippen molar-refractivity contribution >= 4 is 17.1 Å². The molecule has 2 nitrogen and oxygen atoms in total. The molecule has 110 valence electrons. The van der Waals surface area contributed by atoms with E-state index in [1.807, 2.05) is 30.4 Å². The fourth-order valence-electron chi connectivity index (χ4n) is 3.17. The molecular formula is C18H21NOS. The normalized spacial score (nSPS) is 18.5. The van der Waals surface area contributed by atoms with Crippen molar-refractivity contribution in [3.05, 3.63) is 56.8 Å². The van der Waals surface area contributed by atoms with Gasteiger partial charge in [-0.2, -0.15) is 0 Å². The van der Waals surface area contributed by atoms with Gasteiger partial charge in [0, 0.05) is 23.0 Å². The van der Waals surface area contributed by atoms with Crippen LogP contribution in [-0.2, 0) is 6.42 Å². The molecule has 3 heteroatoms. The first-order chi connectivity index (χ1) is 10.1. The van der Waals surface area contributed by atoms with E-state index in [1.165, 1.54) is 16.0 Å². The number of thiophene rings is 1. The number of hydrogen-bond acceptors (Lipinski definition) is 3. The van der Waals surface area contributed by atoms with Gasteiger partial charge in [0.2, 0.25) is 0 Å². The van der Waals surface area contributed by atoms with Gasteiger partial charge in [0.25, 0.3) is 0 Å². The van der Waals surface area contributed by atoms with Crippen LogP contribution in [0.5, 0.6) is 0 Å². The maximum Gasteiger partial charge on any atom is 0.177 e. The Morgan fingerprint density at radius 3 is 2.90 bits per heavy atom. The third-order valence-electron chi connectivity index (χ3n) is 4.43. The van der Waals surface area contributed by atoms with Crippen LogP contribution in [0, 0.1) is 13.8 Å². The first-order valence-corrected chi connectivity index (χ1v) is 8.35. The summed E-state index contributed by atoms with van der Waals surface area (Å²) in [5.74, 6) is 0.234. The number of rotatable bonds is 3. The SMILES string of the molecule is Cc1ccc(C(=O)CN2CCc3sccc3C2C)c(C)c1. The molecule has 1 unspecified atom stereocenters. The molecule has 3 rings (SSSR count). The van der Waals surface area contributed by atoms with E-state index >= 15 is 0 Å². The van der Waals surface area contributed by atoms with Crippen LogP contribution in [0.4, 0.5) is 0 Å². The first-order valence-electron chi connectivity index (χ1n) is 7.47. The lowest BCUT2D eigenvalue weighted by Crippen LogP contribution is -2.37. The van der Waals surface area contributed by atoms with Crippen LogP contribution in [-0.4, -0.2) is 23.8 Å². The summed E-state index contributed by atoms with van der Waals surface area (Å²) in [4.78, 5) is 16.4. The van der Waals surface area contributed by atoms with Gasteiger partial charge in [0.1, 0.15) is 0 Å². The van der Waals surface area contributed by atoms with Gasteiger partial charge in [-0.05, 0) is 49.8 Å². The topological polar surface area (TPSA) is 20.3 Å². The van der Waals surface area contributed by atoms with Gasteiger partial charge in [-0.15, -0.1) is 11.3 Å². The molecule has 2 aromatic rings. The summed E-state index contributed by atoms with van der Waals surface area (Å²) in [6.45, 7) is 7.79. The van der Waals surface area contributed by atoms with Gasteiger partial charge >= 0.3 is 0 Å². The Balaban J connectivity index is 1.76. The van der Waals surface area contributed by atoms with Crippen molar-refractivity contribution in [3.63, 3.8) is 0 Å². The number of Topliss-reactive ketones (excluding diaryl/α,β-unsaturated/α-hetero) is 1. The second-order valence-electron chi connectivity index (χ2n) is 5.94. The van der Waals surface area contributed by atoms with Crippen LogP contribution in [0.15, 0.2) is 29.6 Å². The first kappa shape index (κ1) is 14.5. The number of benzene rings is 1. The van der Waals surface area contributed by atoms with Gasteiger partial charge in [0.05, 0.1) is 6.54 Å². The standard InChI is InChI=1S/C18H21NOS/c1-12-4-5-15(13(2)10-12)17(20)11-19-8-6-18-16(14(19)3)7-9-21-18/h4-5,7,9-10,14H,6,8,11H2,1-3H3. The molecule has 0 fully saturated rings. The smallest absolute Gasteiger partial charge is 0.177 e. The molecule has 1 aliphatic rings. The molecule has 0 radical (unpaired) electrons. The predicted octanol–water partition coefficient (Wildman–Crippen LogP) is 4.17. The number of carbonyl (C=O) groups excluding carboxylic acids is 1. The Morgan fingerprint density at radius 2 is 2.14 bits per heavy atom. The number of hydrogen-bond donors (Lipinski definition) is 0. The molecule has 0 saturated heterocycles. The fraction of sp³-hybridized carbons (Fsp3) is 0.389. The summed E-state index contributed by atoms with van der Waals surface area (Å²) < 4.78 is 0. The Morgan fingerprint density at radius 1 is 1.33 bits per heavy atom. The van der Waals surface area contributed by atoms with E-state index in [9.17, 15) is 4.79 Å². The lowest BCUT2D eigenvalue weighted by molar-refractivity contribution is 0.0891. The molecule has 1 atom stereocenters. The largest absolute Gasteiger partial charge is 0.293 e. The summed E-state index contributed by atoms with van der Waals surface area (Å²) in [6, 6.07) is 8.63. The van der Waals surface area contributed by atoms with E-state index in [1.54, 1.807) is 0 Å². The molecule has 0 amide bonds. The molecule has 1 aliphatic heterocycles. The number of ketones is 1. The minimum atomic E-state index is 0.234. The van der Waals surface area contributed by atoms with E-state index in [2.05, 4.69) is 36.3 Å². The van der Waals surface area contributed by atoms with Gasteiger partial charge in [-0.25, -0.2) is 0 Å². The average molecular weight is 299 g/mol. The van der Waals surface area contributed by atoms with Crippen LogP contribution in [0.3, 0.4) is 0 Å². The minimum Gasteiger partial charge on any atom is -0.293 e. The molecule has 0 spiro atoms. The zero-order valence-corrected chi connectivity index (χ0v) is 13.7. The molecule has 1 aromatic heterocycles. The zero-order valence-electron chi connectivity index (χ0n) is 12.8. The summed E-state index contributed by atoms with van der Waals surface area (Å²) in [7, 11) is 0. The van der Waals surface area contributed by atoms with E-state index in [0.29, 0.717) is 12.6 Å². The number of nitrogens with zero attached hydrogens (tertiary/aromatic N) is 1. The highest BCUT2D eigenvalue weighted by atomic mass is 32.1. The van der Waals surface area contributed by atoms with Gasteiger partial charge in [-0.1, -0.05) is 23.8 Å². The maximum atomic E-state index is 12.6. The van der Waals surface area contributed by atoms with Crippen molar-refractivity contribution in [2.24, 2.45) is 0 Å². The van der Waals surface area contributed by atoms with Gasteiger partial charge in [-0.3, -0.25) is 9.69 Å². The highest BCUT2D eigenvalue weighted by Crippen LogP contribution is 2.32. The Labute approximate surface area is 130 Å². The summed E-state index contributed by atoms with van der Waals surface area (Å²) >= 11 is 1.84. The highest BCUT2D eigenvalue weighted by molar-refractivity contribution is 7.10. The molecule has 0 saturated carbocycles. The van der Waals surface area contributed by atoms with Crippen LogP contribution in [0.2, 0.25) is 0 Å². The third kappa shape index (κ3) is 2.81. The summed E-state index contributed by atoms with van der Waals surface area (Å²) in [6.07, 6.45) is 1.07. The minimum absolute atomic E-state index is 0.234. The molecule has 21 heavy (non-hydrogen) atoms. The highest BCUT2D eigenvalue weighted by Gasteiger charge is 2.26. The monoisotopic (exact) mass is 299 g/mol. The number of fused-ring (bicyclic) bond motifs is 1. The van der Waals surface area contributed by atoms with E-state index in [4.69, 9.17) is 0 Å². The second-order valence-corrected chi connectivity index (χ2v) is 6.94. The molecular weight excluding hydrogens is 278 g/mol. The molecule has 0 bridgehead atoms. The van der Waals surface area contributed by atoms with Crippen molar-refractivity contribution in [1.82, 2.24) is 4.90 Å². The maximum absolute atomic E-state index is 12.6. The molecule has 0 N–H and O–H groups in total. The van der Waals surface area contributed by atoms with Crippen molar-refractivity contribution in [2.75, 3.05) is 13.1 Å². The average Bonchev–Trinajstić information content (AvgIpc) is 2.91. The molecule has 0 aliphatic carbocycles. The van der Waals surface area contributed by atoms with Gasteiger partial charge in [0.15, 0.2) is 5.78 Å². The van der Waals surface area contributed by atoms with Crippen molar-refractivity contribution < 1.29 is 4.79 Å². The van der Waals surface area contributed by atoms with E-state index in [-0.39, 0.29) is 5.78 Å². The lowest BCUT2D eigenvalue weighted by atomic mass is 9.98. The van der Waals surface area contributed by atoms with Crippen LogP contribution in [0.25, 0.3) is 0 Å². The predicted molar refractivity (Wildman–Crippen MR) is 88.3 cm³/mol. The Hall–Kier alpha value is -1.45. The second kappa shape index (κ2) is 5.74. The third-order valence-corrected chi connectivity index (χ3v) is 5.43. The fourth-order valence-corrected chi connectivity index (χ4v) is 4.14. The van der Waals surface area contributed by atoms with Crippen LogP contribution >= 0.6 is 11.3 Å². The van der Waals surface area contributed by atoms with E-state index < -0.39 is 0 Å². The van der Waals surface area contributed by atoms with Crippen LogP contribution in [0.1, 0.15) is 44.9 Å². The van der Waals surface area contributed by atoms with E-state index in [0.717, 1.165) is 24.1 Å². The zero-order chi connectivity index (χ0) is 15.0. The van der Waals surface area contributed by atoms with Crippen LogP contribution < -0.4 is 0 Å². The summed E-state index contributed by atoms with van der Waals surface area (Å²) in [5.41, 5.74) is 4.56. The van der Waals surface area contributed by atoms with Crippen molar-refractivity contribution in [2.45, 2.75) is 33.2 Å².